The van der Waals surface area contributed by atoms with Gasteiger partial charge in [0.15, 0.2) is 5.78 Å². The van der Waals surface area contributed by atoms with Gasteiger partial charge in [-0.15, -0.1) is 0 Å². The van der Waals surface area contributed by atoms with Crippen LogP contribution >= 0.6 is 0 Å². The molecular formula is C18H15NO2. The Bertz CT molecular complexity index is 824. The number of nitrogens with zero attached hydrogens (tertiary/aromatic N) is 1. The first-order valence-electron chi connectivity index (χ1n) is 6.73. The number of carbonyl (C=O) groups is 1. The van der Waals surface area contributed by atoms with Crippen LogP contribution in [0.25, 0.3) is 10.9 Å². The first kappa shape index (κ1) is 13.3. The van der Waals surface area contributed by atoms with E-state index in [1.165, 1.54) is 0 Å². The van der Waals surface area contributed by atoms with Crippen molar-refractivity contribution in [2.45, 2.75) is 6.92 Å². The Morgan fingerprint density at radius 2 is 1.81 bits per heavy atom. The molecule has 104 valence electrons. The Balaban J connectivity index is 2.01. The topological polar surface area (TPSA) is 39.2 Å². The van der Waals surface area contributed by atoms with Gasteiger partial charge in [0.2, 0.25) is 0 Å². The van der Waals surface area contributed by atoms with E-state index in [0.717, 1.165) is 22.2 Å². The molecule has 0 aliphatic heterocycles. The summed E-state index contributed by atoms with van der Waals surface area (Å²) in [6, 6.07) is 14.9. The number of fused-ring (bicyclic) bond motifs is 1. The van der Waals surface area contributed by atoms with Crippen molar-refractivity contribution in [1.82, 2.24) is 4.98 Å². The predicted octanol–water partition coefficient (Wildman–Crippen LogP) is 3.78. The third kappa shape index (κ3) is 2.50. The van der Waals surface area contributed by atoms with Crippen LogP contribution in [0.5, 0.6) is 5.75 Å². The lowest BCUT2D eigenvalue weighted by Gasteiger charge is -2.07. The van der Waals surface area contributed by atoms with Crippen LogP contribution in [-0.4, -0.2) is 17.9 Å². The Labute approximate surface area is 123 Å². The van der Waals surface area contributed by atoms with Crippen molar-refractivity contribution in [1.29, 1.82) is 0 Å². The van der Waals surface area contributed by atoms with Crippen molar-refractivity contribution in [2.75, 3.05) is 7.11 Å². The lowest BCUT2D eigenvalue weighted by atomic mass is 10.00. The lowest BCUT2D eigenvalue weighted by molar-refractivity contribution is 0.103. The van der Waals surface area contributed by atoms with Gasteiger partial charge in [0.25, 0.3) is 0 Å². The van der Waals surface area contributed by atoms with E-state index < -0.39 is 0 Å². The number of benzene rings is 2. The first-order valence-corrected chi connectivity index (χ1v) is 6.73. The van der Waals surface area contributed by atoms with Gasteiger partial charge < -0.3 is 4.74 Å². The van der Waals surface area contributed by atoms with E-state index in [4.69, 9.17) is 4.74 Å². The molecular weight excluding hydrogens is 262 g/mol. The number of carbonyl (C=O) groups excluding carboxylic acids is 1. The zero-order valence-electron chi connectivity index (χ0n) is 12.0. The number of rotatable bonds is 3. The molecule has 2 aromatic carbocycles. The molecule has 0 atom stereocenters. The van der Waals surface area contributed by atoms with Crippen molar-refractivity contribution in [3.63, 3.8) is 0 Å². The largest absolute Gasteiger partial charge is 0.496 e. The highest BCUT2D eigenvalue weighted by Crippen LogP contribution is 2.21. The van der Waals surface area contributed by atoms with E-state index in [0.29, 0.717) is 11.1 Å². The smallest absolute Gasteiger partial charge is 0.193 e. The molecule has 0 fully saturated rings. The Morgan fingerprint density at radius 3 is 2.57 bits per heavy atom. The van der Waals surface area contributed by atoms with E-state index in [1.54, 1.807) is 19.4 Å². The van der Waals surface area contributed by atoms with Crippen LogP contribution in [0.1, 0.15) is 21.5 Å². The van der Waals surface area contributed by atoms with Gasteiger partial charge >= 0.3 is 0 Å². The van der Waals surface area contributed by atoms with Gasteiger partial charge in [-0.1, -0.05) is 6.07 Å². The summed E-state index contributed by atoms with van der Waals surface area (Å²) < 4.78 is 5.22. The number of methoxy groups -OCH3 is 1. The standard InChI is InChI=1S/C18H15NO2/c1-12-10-14(6-8-17(12)21-2)18(20)15-5-7-16-13(11-15)4-3-9-19-16/h3-11H,1-2H3. The summed E-state index contributed by atoms with van der Waals surface area (Å²) in [5.41, 5.74) is 3.17. The fourth-order valence-corrected chi connectivity index (χ4v) is 2.40. The van der Waals surface area contributed by atoms with E-state index in [1.807, 2.05) is 49.4 Å². The minimum Gasteiger partial charge on any atom is -0.496 e. The Morgan fingerprint density at radius 1 is 1.05 bits per heavy atom. The number of ketones is 1. The molecule has 0 bridgehead atoms. The Hall–Kier alpha value is -2.68. The van der Waals surface area contributed by atoms with Gasteiger partial charge in [-0.25, -0.2) is 0 Å². The summed E-state index contributed by atoms with van der Waals surface area (Å²) in [6.07, 6.45) is 1.75. The molecule has 0 aliphatic carbocycles. The summed E-state index contributed by atoms with van der Waals surface area (Å²) in [6.45, 7) is 1.93. The third-order valence-electron chi connectivity index (χ3n) is 3.52. The lowest BCUT2D eigenvalue weighted by Crippen LogP contribution is -2.02. The molecule has 1 heterocycles. The average Bonchev–Trinajstić information content (AvgIpc) is 2.53. The number of hydrogen-bond acceptors (Lipinski definition) is 3. The zero-order valence-corrected chi connectivity index (χ0v) is 12.0. The fraction of sp³-hybridized carbons (Fsp3) is 0.111. The highest BCUT2D eigenvalue weighted by molar-refractivity contribution is 6.10. The van der Waals surface area contributed by atoms with Gasteiger partial charge in [0.1, 0.15) is 5.75 Å². The molecule has 3 aromatic rings. The molecule has 3 nitrogen and oxygen atoms in total. The van der Waals surface area contributed by atoms with Crippen molar-refractivity contribution in [2.24, 2.45) is 0 Å². The summed E-state index contributed by atoms with van der Waals surface area (Å²) in [5.74, 6) is 0.792. The minimum atomic E-state index is 0.00602. The zero-order chi connectivity index (χ0) is 14.8. The number of aromatic nitrogens is 1. The predicted molar refractivity (Wildman–Crippen MR) is 82.9 cm³/mol. The van der Waals surface area contributed by atoms with Gasteiger partial charge in [-0.3, -0.25) is 9.78 Å². The van der Waals surface area contributed by atoms with E-state index in [2.05, 4.69) is 4.98 Å². The van der Waals surface area contributed by atoms with Gasteiger partial charge in [0, 0.05) is 22.7 Å². The molecule has 3 heteroatoms. The molecule has 0 saturated carbocycles. The maximum atomic E-state index is 12.6. The quantitative estimate of drug-likeness (QED) is 0.684. The van der Waals surface area contributed by atoms with Crippen LogP contribution in [-0.2, 0) is 0 Å². The normalized spacial score (nSPS) is 10.6. The Kier molecular flexibility index (Phi) is 3.40. The number of hydrogen-bond donors (Lipinski definition) is 0. The summed E-state index contributed by atoms with van der Waals surface area (Å²) >= 11 is 0. The van der Waals surface area contributed by atoms with Crippen LogP contribution in [0.2, 0.25) is 0 Å². The van der Waals surface area contributed by atoms with Gasteiger partial charge in [-0.2, -0.15) is 0 Å². The molecule has 21 heavy (non-hydrogen) atoms. The molecule has 0 spiro atoms. The molecule has 0 aliphatic rings. The van der Waals surface area contributed by atoms with Crippen LogP contribution in [0.3, 0.4) is 0 Å². The minimum absolute atomic E-state index is 0.00602. The van der Waals surface area contributed by atoms with Gasteiger partial charge in [-0.05, 0) is 55.0 Å². The van der Waals surface area contributed by atoms with Crippen LogP contribution in [0.4, 0.5) is 0 Å². The molecule has 3 rings (SSSR count). The van der Waals surface area contributed by atoms with Gasteiger partial charge in [0.05, 0.1) is 12.6 Å². The number of pyridine rings is 1. The second kappa shape index (κ2) is 5.37. The highest BCUT2D eigenvalue weighted by Gasteiger charge is 2.11. The maximum Gasteiger partial charge on any atom is 0.193 e. The fourth-order valence-electron chi connectivity index (χ4n) is 2.40. The van der Waals surface area contributed by atoms with Crippen LogP contribution in [0.15, 0.2) is 54.7 Å². The summed E-state index contributed by atoms with van der Waals surface area (Å²) in [5, 5.41) is 0.966. The van der Waals surface area contributed by atoms with Crippen molar-refractivity contribution in [3.05, 3.63) is 71.4 Å². The molecule has 0 radical (unpaired) electrons. The summed E-state index contributed by atoms with van der Waals surface area (Å²) in [4.78, 5) is 16.8. The molecule has 1 aromatic heterocycles. The van der Waals surface area contributed by atoms with Crippen LogP contribution < -0.4 is 4.74 Å². The SMILES string of the molecule is COc1ccc(C(=O)c2ccc3ncccc3c2)cc1C. The average molecular weight is 277 g/mol. The number of ether oxygens (including phenoxy) is 1. The van der Waals surface area contributed by atoms with Crippen molar-refractivity contribution < 1.29 is 9.53 Å². The molecule has 0 amide bonds. The van der Waals surface area contributed by atoms with E-state index >= 15 is 0 Å². The third-order valence-corrected chi connectivity index (χ3v) is 3.52. The highest BCUT2D eigenvalue weighted by atomic mass is 16.5. The number of aryl methyl sites for hydroxylation is 1. The van der Waals surface area contributed by atoms with E-state index in [-0.39, 0.29) is 5.78 Å². The second-order valence-corrected chi connectivity index (χ2v) is 4.92. The molecule has 0 unspecified atom stereocenters. The van der Waals surface area contributed by atoms with Crippen molar-refractivity contribution in [3.8, 4) is 5.75 Å². The first-order chi connectivity index (χ1) is 10.2. The molecule has 0 saturated heterocycles. The van der Waals surface area contributed by atoms with E-state index in [9.17, 15) is 4.79 Å². The maximum absolute atomic E-state index is 12.6. The summed E-state index contributed by atoms with van der Waals surface area (Å²) in [7, 11) is 1.63. The molecule has 0 N–H and O–H groups in total. The monoisotopic (exact) mass is 277 g/mol. The van der Waals surface area contributed by atoms with Crippen LogP contribution in [0, 0.1) is 6.92 Å². The van der Waals surface area contributed by atoms with Crippen molar-refractivity contribution >= 4 is 16.7 Å². The second-order valence-electron chi connectivity index (χ2n) is 4.92.